The molecule has 82 valence electrons. The van der Waals surface area contributed by atoms with Gasteiger partial charge in [-0.1, -0.05) is 20.8 Å². The molecule has 1 aromatic rings. The maximum Gasteiger partial charge on any atom is 0.354 e. The Morgan fingerprint density at radius 1 is 1.47 bits per heavy atom. The van der Waals surface area contributed by atoms with Crippen molar-refractivity contribution >= 4 is 11.7 Å². The second-order valence-electron chi connectivity index (χ2n) is 4.65. The van der Waals surface area contributed by atoms with E-state index in [2.05, 4.69) is 31.1 Å². The van der Waals surface area contributed by atoms with Crippen LogP contribution in [0.5, 0.6) is 0 Å². The largest absolute Gasteiger partial charge is 0.477 e. The molecular weight excluding hydrogens is 192 g/mol. The molecule has 0 fully saturated rings. The number of carboxylic acid groups (broad SMARTS) is 1. The molecule has 0 bridgehead atoms. The Labute approximate surface area is 89.3 Å². The molecule has 0 radical (unpaired) electrons. The molecule has 0 amide bonds. The highest BCUT2D eigenvalue weighted by molar-refractivity contribution is 5.85. The molecule has 0 saturated heterocycles. The lowest BCUT2D eigenvalue weighted by Gasteiger charge is -2.19. The van der Waals surface area contributed by atoms with E-state index in [1.807, 2.05) is 0 Å². The third-order valence-corrected chi connectivity index (χ3v) is 1.81. The summed E-state index contributed by atoms with van der Waals surface area (Å²) in [7, 11) is 0. The number of rotatable bonds is 3. The van der Waals surface area contributed by atoms with Gasteiger partial charge < -0.3 is 10.4 Å². The SMILES string of the molecule is CC(C)(C)CNc1ccc(C(=O)O)nc1. The molecule has 0 aliphatic rings. The number of hydrogen-bond donors (Lipinski definition) is 2. The zero-order valence-electron chi connectivity index (χ0n) is 9.24. The maximum absolute atomic E-state index is 10.5. The smallest absolute Gasteiger partial charge is 0.354 e. The van der Waals surface area contributed by atoms with Crippen LogP contribution in [0, 0.1) is 5.41 Å². The van der Waals surface area contributed by atoms with E-state index in [4.69, 9.17) is 5.11 Å². The van der Waals surface area contributed by atoms with Crippen molar-refractivity contribution in [1.29, 1.82) is 0 Å². The van der Waals surface area contributed by atoms with E-state index in [1.165, 1.54) is 12.3 Å². The summed E-state index contributed by atoms with van der Waals surface area (Å²) >= 11 is 0. The van der Waals surface area contributed by atoms with Crippen LogP contribution in [-0.2, 0) is 0 Å². The Hall–Kier alpha value is -1.58. The summed E-state index contributed by atoms with van der Waals surface area (Å²) < 4.78 is 0. The van der Waals surface area contributed by atoms with E-state index in [0.717, 1.165) is 12.2 Å². The number of hydrogen-bond acceptors (Lipinski definition) is 3. The van der Waals surface area contributed by atoms with Crippen molar-refractivity contribution in [1.82, 2.24) is 4.98 Å². The number of pyridine rings is 1. The van der Waals surface area contributed by atoms with Gasteiger partial charge in [-0.15, -0.1) is 0 Å². The minimum Gasteiger partial charge on any atom is -0.477 e. The van der Waals surface area contributed by atoms with Gasteiger partial charge in [0.25, 0.3) is 0 Å². The highest BCUT2D eigenvalue weighted by atomic mass is 16.4. The van der Waals surface area contributed by atoms with Crippen molar-refractivity contribution in [3.63, 3.8) is 0 Å². The molecule has 2 N–H and O–H groups in total. The lowest BCUT2D eigenvalue weighted by Crippen LogP contribution is -2.19. The highest BCUT2D eigenvalue weighted by Crippen LogP contribution is 2.14. The average Bonchev–Trinajstić information content (AvgIpc) is 2.14. The predicted molar refractivity (Wildman–Crippen MR) is 59.1 cm³/mol. The molecule has 4 heteroatoms. The Bertz CT molecular complexity index is 339. The minimum atomic E-state index is -1.00. The Morgan fingerprint density at radius 3 is 2.53 bits per heavy atom. The van der Waals surface area contributed by atoms with Crippen LogP contribution in [0.4, 0.5) is 5.69 Å². The van der Waals surface area contributed by atoms with E-state index in [9.17, 15) is 4.79 Å². The molecule has 1 heterocycles. The van der Waals surface area contributed by atoms with Gasteiger partial charge in [-0.05, 0) is 17.5 Å². The summed E-state index contributed by atoms with van der Waals surface area (Å²) in [6, 6.07) is 3.22. The number of carboxylic acids is 1. The van der Waals surface area contributed by atoms with Crippen molar-refractivity contribution < 1.29 is 9.90 Å². The Morgan fingerprint density at radius 2 is 2.13 bits per heavy atom. The van der Waals surface area contributed by atoms with Crippen LogP contribution in [0.2, 0.25) is 0 Å². The van der Waals surface area contributed by atoms with Crippen LogP contribution in [-0.4, -0.2) is 22.6 Å². The molecular formula is C11H16N2O2. The van der Waals surface area contributed by atoms with Gasteiger partial charge >= 0.3 is 5.97 Å². The van der Waals surface area contributed by atoms with Crippen molar-refractivity contribution in [2.45, 2.75) is 20.8 Å². The van der Waals surface area contributed by atoms with Crippen molar-refractivity contribution in [2.24, 2.45) is 5.41 Å². The number of aromatic nitrogens is 1. The van der Waals surface area contributed by atoms with Crippen LogP contribution < -0.4 is 5.32 Å². The van der Waals surface area contributed by atoms with Gasteiger partial charge in [0.15, 0.2) is 0 Å². The first-order valence-electron chi connectivity index (χ1n) is 4.82. The van der Waals surface area contributed by atoms with Gasteiger partial charge in [-0.25, -0.2) is 9.78 Å². The van der Waals surface area contributed by atoms with E-state index >= 15 is 0 Å². The quantitative estimate of drug-likeness (QED) is 0.799. The van der Waals surface area contributed by atoms with Crippen molar-refractivity contribution in [3.8, 4) is 0 Å². The van der Waals surface area contributed by atoms with Crippen molar-refractivity contribution in [2.75, 3.05) is 11.9 Å². The van der Waals surface area contributed by atoms with Gasteiger partial charge in [0, 0.05) is 6.54 Å². The average molecular weight is 208 g/mol. The molecule has 15 heavy (non-hydrogen) atoms. The fourth-order valence-electron chi connectivity index (χ4n) is 0.992. The zero-order valence-corrected chi connectivity index (χ0v) is 9.24. The zero-order chi connectivity index (χ0) is 11.5. The van der Waals surface area contributed by atoms with Crippen LogP contribution in [0.15, 0.2) is 18.3 Å². The van der Waals surface area contributed by atoms with E-state index < -0.39 is 5.97 Å². The Balaban J connectivity index is 2.61. The molecule has 0 aliphatic carbocycles. The molecule has 1 rings (SSSR count). The monoisotopic (exact) mass is 208 g/mol. The standard InChI is InChI=1S/C11H16N2O2/c1-11(2,3)7-13-8-4-5-9(10(14)15)12-6-8/h4-6,13H,7H2,1-3H3,(H,14,15). The van der Waals surface area contributed by atoms with Gasteiger partial charge in [0.2, 0.25) is 0 Å². The molecule has 0 unspecified atom stereocenters. The van der Waals surface area contributed by atoms with Gasteiger partial charge in [-0.2, -0.15) is 0 Å². The van der Waals surface area contributed by atoms with Gasteiger partial charge in [0.05, 0.1) is 11.9 Å². The maximum atomic E-state index is 10.5. The fraction of sp³-hybridized carbons (Fsp3) is 0.455. The van der Waals surface area contributed by atoms with Crippen LogP contribution in [0.25, 0.3) is 0 Å². The summed E-state index contributed by atoms with van der Waals surface area (Å²) in [6.45, 7) is 7.19. The van der Waals surface area contributed by atoms with Gasteiger partial charge in [0.1, 0.15) is 5.69 Å². The summed E-state index contributed by atoms with van der Waals surface area (Å²) in [5.41, 5.74) is 1.09. The highest BCUT2D eigenvalue weighted by Gasteiger charge is 2.09. The molecule has 0 spiro atoms. The molecule has 0 saturated carbocycles. The number of aromatic carboxylic acids is 1. The number of anilines is 1. The van der Waals surface area contributed by atoms with Gasteiger partial charge in [-0.3, -0.25) is 0 Å². The molecule has 4 nitrogen and oxygen atoms in total. The fourth-order valence-corrected chi connectivity index (χ4v) is 0.992. The second kappa shape index (κ2) is 4.29. The molecule has 0 atom stereocenters. The lowest BCUT2D eigenvalue weighted by atomic mass is 9.97. The van der Waals surface area contributed by atoms with Crippen LogP contribution in [0.3, 0.4) is 0 Å². The van der Waals surface area contributed by atoms with Crippen molar-refractivity contribution in [3.05, 3.63) is 24.0 Å². The summed E-state index contributed by atoms with van der Waals surface area (Å²) in [4.78, 5) is 14.4. The van der Waals surface area contributed by atoms with Crippen LogP contribution in [0.1, 0.15) is 31.3 Å². The minimum absolute atomic E-state index is 0.0660. The first-order valence-corrected chi connectivity index (χ1v) is 4.82. The second-order valence-corrected chi connectivity index (χ2v) is 4.65. The van der Waals surface area contributed by atoms with E-state index in [-0.39, 0.29) is 11.1 Å². The summed E-state index contributed by atoms with van der Waals surface area (Å²) in [6.07, 6.45) is 1.54. The number of nitrogens with one attached hydrogen (secondary N) is 1. The molecule has 0 aliphatic heterocycles. The normalized spacial score (nSPS) is 11.1. The molecule has 0 aromatic carbocycles. The summed E-state index contributed by atoms with van der Waals surface area (Å²) in [5, 5.41) is 11.8. The number of nitrogens with zero attached hydrogens (tertiary/aromatic N) is 1. The summed E-state index contributed by atoms with van der Waals surface area (Å²) in [5.74, 6) is -1.00. The number of carbonyl (C=O) groups is 1. The third kappa shape index (κ3) is 3.97. The van der Waals surface area contributed by atoms with E-state index in [1.54, 1.807) is 6.07 Å². The van der Waals surface area contributed by atoms with E-state index in [0.29, 0.717) is 0 Å². The first kappa shape index (κ1) is 11.5. The van der Waals surface area contributed by atoms with Crippen LogP contribution >= 0.6 is 0 Å². The lowest BCUT2D eigenvalue weighted by molar-refractivity contribution is 0.0690. The first-order chi connectivity index (χ1) is 6.88. The third-order valence-electron chi connectivity index (χ3n) is 1.81. The molecule has 1 aromatic heterocycles. The topological polar surface area (TPSA) is 62.2 Å². The predicted octanol–water partition coefficient (Wildman–Crippen LogP) is 2.24. The Kier molecular flexibility index (Phi) is 3.29.